The zero-order chi connectivity index (χ0) is 25.5. The fourth-order valence-corrected chi connectivity index (χ4v) is 9.31. The van der Waals surface area contributed by atoms with Crippen molar-refractivity contribution >= 4 is 34.9 Å². The molecule has 1 amide bonds. The molecule has 0 radical (unpaired) electrons. The highest BCUT2D eigenvalue weighted by molar-refractivity contribution is 7.96. The number of hydrogen-bond donors (Lipinski definition) is 1. The molecule has 0 spiro atoms. The first kappa shape index (κ1) is 24.4. The van der Waals surface area contributed by atoms with Crippen LogP contribution in [0.25, 0.3) is 0 Å². The molecule has 1 unspecified atom stereocenters. The average Bonchev–Trinajstić information content (AvgIpc) is 2.99. The predicted octanol–water partition coefficient (Wildman–Crippen LogP) is 5.62. The van der Waals surface area contributed by atoms with Crippen molar-refractivity contribution in [3.05, 3.63) is 163 Å². The van der Waals surface area contributed by atoms with Crippen LogP contribution < -0.4 is 21.2 Å². The van der Waals surface area contributed by atoms with E-state index in [1.807, 2.05) is 103 Å². The van der Waals surface area contributed by atoms with Crippen molar-refractivity contribution < 1.29 is 9.59 Å². The standard InChI is InChI=1S/C33H26NO2P/c35-31(26-16-6-1-7-17-26)33(34-32(36)27-18-8-2-9-19-27)37(28-20-10-3-11-21-28,29-22-12-4-13-23-29)30-24-14-5-15-25-30/h1-25,33H/p+1. The summed E-state index contributed by atoms with van der Waals surface area (Å²) in [6.45, 7) is 0. The maximum absolute atomic E-state index is 14.5. The van der Waals surface area contributed by atoms with Gasteiger partial charge in [0.15, 0.2) is 0 Å². The summed E-state index contributed by atoms with van der Waals surface area (Å²) >= 11 is 0. The minimum atomic E-state index is -2.74. The lowest BCUT2D eigenvalue weighted by molar-refractivity contribution is 0.0890. The minimum Gasteiger partial charge on any atom is -0.310 e. The van der Waals surface area contributed by atoms with Gasteiger partial charge >= 0.3 is 0 Å². The van der Waals surface area contributed by atoms with Crippen LogP contribution in [0.1, 0.15) is 20.7 Å². The monoisotopic (exact) mass is 500 g/mol. The maximum atomic E-state index is 14.5. The van der Waals surface area contributed by atoms with Crippen LogP contribution in [-0.2, 0) is 0 Å². The van der Waals surface area contributed by atoms with Crippen LogP contribution in [0.3, 0.4) is 0 Å². The Labute approximate surface area is 218 Å². The summed E-state index contributed by atoms with van der Waals surface area (Å²) in [5, 5.41) is 6.30. The topological polar surface area (TPSA) is 46.2 Å². The molecule has 37 heavy (non-hydrogen) atoms. The normalized spacial score (nSPS) is 11.9. The maximum Gasteiger partial charge on any atom is 0.254 e. The van der Waals surface area contributed by atoms with E-state index in [-0.39, 0.29) is 11.7 Å². The van der Waals surface area contributed by atoms with E-state index in [9.17, 15) is 9.59 Å². The number of rotatable bonds is 8. The van der Waals surface area contributed by atoms with Gasteiger partial charge in [-0.05, 0) is 48.5 Å². The van der Waals surface area contributed by atoms with Gasteiger partial charge in [0.25, 0.3) is 5.91 Å². The molecular formula is C33H27NO2P+. The predicted molar refractivity (Wildman–Crippen MR) is 154 cm³/mol. The molecule has 5 aromatic carbocycles. The van der Waals surface area contributed by atoms with E-state index in [4.69, 9.17) is 0 Å². The smallest absolute Gasteiger partial charge is 0.254 e. The summed E-state index contributed by atoms with van der Waals surface area (Å²) < 4.78 is 0. The van der Waals surface area contributed by atoms with E-state index in [0.29, 0.717) is 11.1 Å². The van der Waals surface area contributed by atoms with Crippen LogP contribution in [0.5, 0.6) is 0 Å². The Hall–Kier alpha value is -4.33. The van der Waals surface area contributed by atoms with Crippen molar-refractivity contribution in [2.24, 2.45) is 0 Å². The Morgan fingerprint density at radius 2 is 0.784 bits per heavy atom. The van der Waals surface area contributed by atoms with Gasteiger partial charge in [-0.3, -0.25) is 9.59 Å². The molecule has 5 rings (SSSR count). The lowest BCUT2D eigenvalue weighted by atomic mass is 10.1. The van der Waals surface area contributed by atoms with Gasteiger partial charge in [-0.2, -0.15) is 0 Å². The second-order valence-electron chi connectivity index (χ2n) is 8.70. The molecule has 0 bridgehead atoms. The largest absolute Gasteiger partial charge is 0.310 e. The first-order valence-electron chi connectivity index (χ1n) is 12.2. The number of ketones is 1. The molecule has 3 nitrogen and oxygen atoms in total. The second-order valence-corrected chi connectivity index (χ2v) is 12.2. The van der Waals surface area contributed by atoms with E-state index in [2.05, 4.69) is 41.7 Å². The number of carbonyl (C=O) groups excluding carboxylic acids is 2. The van der Waals surface area contributed by atoms with Crippen molar-refractivity contribution in [2.45, 2.75) is 5.78 Å². The van der Waals surface area contributed by atoms with Gasteiger partial charge in [0, 0.05) is 11.1 Å². The van der Waals surface area contributed by atoms with Crippen LogP contribution in [-0.4, -0.2) is 17.5 Å². The number of Topliss-reactive ketones (excluding diaryl/α,β-unsaturated/α-hetero) is 1. The Kier molecular flexibility index (Phi) is 7.35. The molecule has 0 fully saturated rings. The highest BCUT2D eigenvalue weighted by Crippen LogP contribution is 2.59. The van der Waals surface area contributed by atoms with Crippen molar-refractivity contribution in [2.75, 3.05) is 0 Å². The zero-order valence-electron chi connectivity index (χ0n) is 20.3. The molecule has 0 aliphatic rings. The van der Waals surface area contributed by atoms with Crippen molar-refractivity contribution in [3.8, 4) is 0 Å². The van der Waals surface area contributed by atoms with Crippen LogP contribution in [0, 0.1) is 0 Å². The molecule has 0 aliphatic heterocycles. The van der Waals surface area contributed by atoms with Crippen LogP contribution >= 0.6 is 7.26 Å². The first-order valence-corrected chi connectivity index (χ1v) is 14.1. The average molecular weight is 501 g/mol. The van der Waals surface area contributed by atoms with Gasteiger partial charge in [0.2, 0.25) is 11.6 Å². The van der Waals surface area contributed by atoms with Crippen molar-refractivity contribution in [1.29, 1.82) is 0 Å². The van der Waals surface area contributed by atoms with Crippen molar-refractivity contribution in [1.82, 2.24) is 5.32 Å². The zero-order valence-corrected chi connectivity index (χ0v) is 21.2. The van der Waals surface area contributed by atoms with E-state index in [1.165, 1.54) is 0 Å². The SMILES string of the molecule is O=C(NC(C(=O)c1ccccc1)[P+](c1ccccc1)(c1ccccc1)c1ccccc1)c1ccccc1. The molecule has 0 aliphatic carbocycles. The van der Waals surface area contributed by atoms with E-state index < -0.39 is 13.0 Å². The minimum absolute atomic E-state index is 0.116. The lowest BCUT2D eigenvalue weighted by Gasteiger charge is -2.34. The summed E-state index contributed by atoms with van der Waals surface area (Å²) in [5.74, 6) is -1.22. The first-order chi connectivity index (χ1) is 18.2. The molecule has 0 saturated carbocycles. The molecular weight excluding hydrogens is 473 g/mol. The fourth-order valence-electron chi connectivity index (χ4n) is 4.78. The fraction of sp³-hybridized carbons (Fsp3) is 0.0303. The summed E-state index contributed by atoms with van der Waals surface area (Å²) in [7, 11) is -2.74. The van der Waals surface area contributed by atoms with Crippen LogP contribution in [0.15, 0.2) is 152 Å². The highest BCUT2D eigenvalue weighted by atomic mass is 31.2. The molecule has 1 N–H and O–H groups in total. The van der Waals surface area contributed by atoms with Crippen LogP contribution in [0.4, 0.5) is 0 Å². The summed E-state index contributed by atoms with van der Waals surface area (Å²) in [6.07, 6.45) is 0. The Morgan fingerprint density at radius 1 is 0.459 bits per heavy atom. The molecule has 0 saturated heterocycles. The summed E-state index contributed by atoms with van der Waals surface area (Å²) in [6, 6.07) is 48.7. The Balaban J connectivity index is 1.81. The number of nitrogens with one attached hydrogen (secondary N) is 1. The number of carbonyl (C=O) groups is 2. The number of hydrogen-bond acceptors (Lipinski definition) is 2. The molecule has 0 aromatic heterocycles. The van der Waals surface area contributed by atoms with E-state index in [1.54, 1.807) is 12.1 Å². The highest BCUT2D eigenvalue weighted by Gasteiger charge is 2.56. The van der Waals surface area contributed by atoms with Gasteiger partial charge in [-0.15, -0.1) is 0 Å². The molecule has 180 valence electrons. The number of amides is 1. The number of benzene rings is 5. The quantitative estimate of drug-likeness (QED) is 0.222. The Morgan fingerprint density at radius 3 is 1.16 bits per heavy atom. The lowest BCUT2D eigenvalue weighted by Crippen LogP contribution is -2.51. The van der Waals surface area contributed by atoms with Gasteiger partial charge in [-0.25, -0.2) is 0 Å². The third-order valence-corrected chi connectivity index (χ3v) is 11.0. The third kappa shape index (κ3) is 4.87. The molecule has 0 heterocycles. The molecule has 4 heteroatoms. The molecule has 1 atom stereocenters. The van der Waals surface area contributed by atoms with Gasteiger partial charge < -0.3 is 5.32 Å². The summed E-state index contributed by atoms with van der Waals surface area (Å²) in [5.41, 5.74) is 1.08. The van der Waals surface area contributed by atoms with Gasteiger partial charge in [0.1, 0.15) is 23.2 Å². The molecule has 5 aromatic rings. The van der Waals surface area contributed by atoms with E-state index in [0.717, 1.165) is 15.9 Å². The summed E-state index contributed by atoms with van der Waals surface area (Å²) in [4.78, 5) is 28.2. The third-order valence-electron chi connectivity index (χ3n) is 6.49. The van der Waals surface area contributed by atoms with Crippen LogP contribution in [0.2, 0.25) is 0 Å². The van der Waals surface area contributed by atoms with E-state index >= 15 is 0 Å². The van der Waals surface area contributed by atoms with Gasteiger partial charge in [-0.1, -0.05) is 103 Å². The van der Waals surface area contributed by atoms with Crippen molar-refractivity contribution in [3.63, 3.8) is 0 Å². The second kappa shape index (κ2) is 11.2. The van der Waals surface area contributed by atoms with Gasteiger partial charge in [0.05, 0.1) is 0 Å². The Bertz CT molecular complexity index is 1360.